The van der Waals surface area contributed by atoms with Gasteiger partial charge < -0.3 is 5.32 Å². The van der Waals surface area contributed by atoms with E-state index >= 15 is 0 Å². The first-order valence-corrected chi connectivity index (χ1v) is 6.67. The summed E-state index contributed by atoms with van der Waals surface area (Å²) in [7, 11) is 0. The highest BCUT2D eigenvalue weighted by molar-refractivity contribution is 6.43. The van der Waals surface area contributed by atoms with Gasteiger partial charge in [0, 0.05) is 11.1 Å². The second-order valence-electron chi connectivity index (χ2n) is 4.02. The summed E-state index contributed by atoms with van der Waals surface area (Å²) in [5.74, 6) is 0. The fraction of sp³-hybridized carbons (Fsp3) is 0.143. The molecule has 0 aromatic heterocycles. The van der Waals surface area contributed by atoms with Crippen molar-refractivity contribution in [3.8, 4) is 0 Å². The molecule has 1 nitrogen and oxygen atoms in total. The number of benzene rings is 2. The number of nitrogens with one attached hydrogen (secondary N) is 1. The van der Waals surface area contributed by atoms with E-state index in [2.05, 4.69) is 12.2 Å². The molecule has 0 radical (unpaired) electrons. The Morgan fingerprint density at radius 2 is 1.61 bits per heavy atom. The van der Waals surface area contributed by atoms with Gasteiger partial charge in [0.2, 0.25) is 0 Å². The van der Waals surface area contributed by atoms with Gasteiger partial charge in [-0.1, -0.05) is 53.0 Å². The first-order chi connectivity index (χ1) is 8.58. The molecule has 0 aliphatic rings. The smallest absolute Gasteiger partial charge is 0.0823 e. The maximum Gasteiger partial charge on any atom is 0.0823 e. The van der Waals surface area contributed by atoms with Crippen molar-refractivity contribution in [3.63, 3.8) is 0 Å². The summed E-state index contributed by atoms with van der Waals surface area (Å²) in [5, 5.41) is 5.14. The van der Waals surface area contributed by atoms with Crippen molar-refractivity contribution in [1.29, 1.82) is 0 Å². The van der Waals surface area contributed by atoms with Crippen molar-refractivity contribution in [2.75, 3.05) is 5.32 Å². The zero-order valence-corrected chi connectivity index (χ0v) is 12.0. The predicted molar refractivity (Wildman–Crippen MR) is 80.0 cm³/mol. The van der Waals surface area contributed by atoms with E-state index in [1.54, 1.807) is 6.07 Å². The summed E-state index contributed by atoms with van der Waals surface area (Å²) >= 11 is 18.0. The van der Waals surface area contributed by atoms with Crippen LogP contribution >= 0.6 is 34.8 Å². The zero-order valence-electron chi connectivity index (χ0n) is 9.75. The lowest BCUT2D eigenvalue weighted by Crippen LogP contribution is -2.06. The molecule has 1 atom stereocenters. The Morgan fingerprint density at radius 1 is 0.944 bits per heavy atom. The van der Waals surface area contributed by atoms with Gasteiger partial charge in [0.25, 0.3) is 0 Å². The van der Waals surface area contributed by atoms with Crippen LogP contribution in [0.1, 0.15) is 18.5 Å². The fourth-order valence-electron chi connectivity index (χ4n) is 1.68. The quantitative estimate of drug-likeness (QED) is 0.753. The Bertz CT molecular complexity index is 537. The Kier molecular flexibility index (Phi) is 4.39. The summed E-state index contributed by atoms with van der Waals surface area (Å²) in [5.41, 5.74) is 1.96. The second kappa shape index (κ2) is 5.83. The molecule has 0 saturated heterocycles. The average molecular weight is 301 g/mol. The van der Waals surface area contributed by atoms with E-state index in [0.717, 1.165) is 16.3 Å². The van der Waals surface area contributed by atoms with Crippen LogP contribution in [-0.2, 0) is 0 Å². The molecular weight excluding hydrogens is 289 g/mol. The molecule has 2 aromatic rings. The molecule has 0 saturated carbocycles. The molecule has 1 unspecified atom stereocenters. The van der Waals surface area contributed by atoms with Crippen molar-refractivity contribution < 1.29 is 0 Å². The van der Waals surface area contributed by atoms with Gasteiger partial charge in [-0.2, -0.15) is 0 Å². The van der Waals surface area contributed by atoms with Gasteiger partial charge in [-0.15, -0.1) is 0 Å². The van der Waals surface area contributed by atoms with E-state index < -0.39 is 0 Å². The summed E-state index contributed by atoms with van der Waals surface area (Å²) in [4.78, 5) is 0. The van der Waals surface area contributed by atoms with Gasteiger partial charge in [0.15, 0.2) is 0 Å². The highest BCUT2D eigenvalue weighted by atomic mass is 35.5. The number of rotatable bonds is 3. The maximum atomic E-state index is 6.13. The van der Waals surface area contributed by atoms with Crippen molar-refractivity contribution in [2.24, 2.45) is 0 Å². The molecule has 0 heterocycles. The van der Waals surface area contributed by atoms with Crippen LogP contribution in [0.2, 0.25) is 15.1 Å². The van der Waals surface area contributed by atoms with E-state index in [1.165, 1.54) is 0 Å². The summed E-state index contributed by atoms with van der Waals surface area (Å²) < 4.78 is 0. The van der Waals surface area contributed by atoms with E-state index in [4.69, 9.17) is 34.8 Å². The molecule has 0 amide bonds. The van der Waals surface area contributed by atoms with Gasteiger partial charge in [-0.25, -0.2) is 0 Å². The average Bonchev–Trinajstić information content (AvgIpc) is 2.36. The van der Waals surface area contributed by atoms with Crippen LogP contribution in [0.25, 0.3) is 0 Å². The Morgan fingerprint density at radius 3 is 2.28 bits per heavy atom. The van der Waals surface area contributed by atoms with Crippen molar-refractivity contribution in [2.45, 2.75) is 13.0 Å². The molecule has 0 fully saturated rings. The lowest BCUT2D eigenvalue weighted by Gasteiger charge is -2.17. The third-order valence-electron chi connectivity index (χ3n) is 2.69. The third-order valence-corrected chi connectivity index (χ3v) is 3.76. The van der Waals surface area contributed by atoms with E-state index in [-0.39, 0.29) is 6.04 Å². The number of halogens is 3. The van der Waals surface area contributed by atoms with E-state index in [9.17, 15) is 0 Å². The van der Waals surface area contributed by atoms with Crippen LogP contribution in [0.3, 0.4) is 0 Å². The zero-order chi connectivity index (χ0) is 13.1. The SMILES string of the molecule is CC(Nc1cccc(Cl)c1Cl)c1ccc(Cl)cc1. The van der Waals surface area contributed by atoms with Crippen molar-refractivity contribution in [3.05, 3.63) is 63.1 Å². The molecule has 1 N–H and O–H groups in total. The standard InChI is InChI=1S/C14H12Cl3N/c1-9(10-5-7-11(15)8-6-10)18-13-4-2-3-12(16)14(13)17/h2-9,18H,1H3. The molecule has 2 aromatic carbocycles. The molecular formula is C14H12Cl3N. The van der Waals surface area contributed by atoms with Crippen LogP contribution in [-0.4, -0.2) is 0 Å². The van der Waals surface area contributed by atoms with Gasteiger partial charge in [0.1, 0.15) is 0 Å². The summed E-state index contributed by atoms with van der Waals surface area (Å²) in [6, 6.07) is 13.4. The molecule has 4 heteroatoms. The van der Waals surface area contributed by atoms with E-state index in [1.807, 2.05) is 36.4 Å². The molecule has 0 aliphatic carbocycles. The number of hydrogen-bond acceptors (Lipinski definition) is 1. The Hall–Kier alpha value is -0.890. The van der Waals surface area contributed by atoms with Crippen molar-refractivity contribution in [1.82, 2.24) is 0 Å². The maximum absolute atomic E-state index is 6.13. The lowest BCUT2D eigenvalue weighted by atomic mass is 10.1. The molecule has 0 aliphatic heterocycles. The third kappa shape index (κ3) is 3.11. The van der Waals surface area contributed by atoms with Gasteiger partial charge in [-0.3, -0.25) is 0 Å². The minimum Gasteiger partial charge on any atom is -0.377 e. The van der Waals surface area contributed by atoms with Gasteiger partial charge >= 0.3 is 0 Å². The van der Waals surface area contributed by atoms with Crippen LogP contribution in [0.5, 0.6) is 0 Å². The first kappa shape index (κ1) is 13.5. The number of anilines is 1. The van der Waals surface area contributed by atoms with Crippen molar-refractivity contribution >= 4 is 40.5 Å². The van der Waals surface area contributed by atoms with Crippen LogP contribution in [0, 0.1) is 0 Å². The van der Waals surface area contributed by atoms with Crippen LogP contribution in [0.15, 0.2) is 42.5 Å². The first-order valence-electron chi connectivity index (χ1n) is 5.54. The lowest BCUT2D eigenvalue weighted by molar-refractivity contribution is 0.885. The van der Waals surface area contributed by atoms with Gasteiger partial charge in [-0.05, 0) is 36.8 Å². The van der Waals surface area contributed by atoms with Crippen LogP contribution in [0.4, 0.5) is 5.69 Å². The molecule has 0 bridgehead atoms. The van der Waals surface area contributed by atoms with E-state index in [0.29, 0.717) is 10.0 Å². The molecule has 94 valence electrons. The largest absolute Gasteiger partial charge is 0.377 e. The highest BCUT2D eigenvalue weighted by Gasteiger charge is 2.09. The van der Waals surface area contributed by atoms with Gasteiger partial charge in [0.05, 0.1) is 15.7 Å². The monoisotopic (exact) mass is 299 g/mol. The normalized spacial score (nSPS) is 12.2. The molecule has 18 heavy (non-hydrogen) atoms. The Labute approximate surface area is 122 Å². The minimum atomic E-state index is 0.123. The second-order valence-corrected chi connectivity index (χ2v) is 5.24. The fourth-order valence-corrected chi connectivity index (χ4v) is 2.16. The molecule has 0 spiro atoms. The molecule has 2 rings (SSSR count). The summed E-state index contributed by atoms with van der Waals surface area (Å²) in [6.07, 6.45) is 0. The summed E-state index contributed by atoms with van der Waals surface area (Å²) in [6.45, 7) is 2.06. The minimum absolute atomic E-state index is 0.123. The van der Waals surface area contributed by atoms with Crippen LogP contribution < -0.4 is 5.32 Å². The topological polar surface area (TPSA) is 12.0 Å². The predicted octanol–water partition coefficient (Wildman–Crippen LogP) is 5.82. The Balaban J connectivity index is 2.18. The highest BCUT2D eigenvalue weighted by Crippen LogP contribution is 2.32. The number of hydrogen-bond donors (Lipinski definition) is 1.